The van der Waals surface area contributed by atoms with E-state index in [0.29, 0.717) is 6.42 Å². The molecule has 3 heterocycles. The summed E-state index contributed by atoms with van der Waals surface area (Å²) in [5.41, 5.74) is 1.90. The molecule has 0 radical (unpaired) electrons. The first-order valence-electron chi connectivity index (χ1n) is 7.77. The van der Waals surface area contributed by atoms with E-state index in [0.717, 1.165) is 48.7 Å². The van der Waals surface area contributed by atoms with Gasteiger partial charge in [-0.1, -0.05) is 13.0 Å². The first kappa shape index (κ1) is 14.7. The number of aromatic nitrogens is 4. The predicted molar refractivity (Wildman–Crippen MR) is 82.3 cm³/mol. The molecule has 1 atom stereocenters. The van der Waals surface area contributed by atoms with Crippen LogP contribution < -0.4 is 5.32 Å². The van der Waals surface area contributed by atoms with E-state index in [2.05, 4.69) is 32.0 Å². The lowest BCUT2D eigenvalue weighted by molar-refractivity contribution is -0.121. The summed E-state index contributed by atoms with van der Waals surface area (Å²) in [6.45, 7) is 4.78. The molecular weight excluding hydrogens is 278 g/mol. The van der Waals surface area contributed by atoms with Gasteiger partial charge >= 0.3 is 0 Å². The Hall–Kier alpha value is -2.24. The Labute approximate surface area is 130 Å². The largest absolute Gasteiger partial charge is 0.351 e. The van der Waals surface area contributed by atoms with Gasteiger partial charge in [0.05, 0.1) is 6.42 Å². The van der Waals surface area contributed by atoms with Gasteiger partial charge in [0.2, 0.25) is 5.91 Å². The number of hydrogen-bond acceptors (Lipinski definition) is 4. The summed E-state index contributed by atoms with van der Waals surface area (Å²) in [5.74, 6) is 2.08. The van der Waals surface area contributed by atoms with Gasteiger partial charge in [-0.2, -0.15) is 0 Å². The molecule has 1 amide bonds. The maximum Gasteiger partial charge on any atom is 0.224 e. The van der Waals surface area contributed by atoms with Crippen molar-refractivity contribution in [3.05, 3.63) is 41.2 Å². The second-order valence-corrected chi connectivity index (χ2v) is 5.78. The minimum Gasteiger partial charge on any atom is -0.351 e. The summed E-state index contributed by atoms with van der Waals surface area (Å²) in [6, 6.07) is 4.04. The summed E-state index contributed by atoms with van der Waals surface area (Å²) in [5, 5.41) is 11.5. The predicted octanol–water partition coefficient (Wildman–Crippen LogP) is 1.22. The van der Waals surface area contributed by atoms with E-state index in [4.69, 9.17) is 0 Å². The van der Waals surface area contributed by atoms with Crippen LogP contribution in [0.3, 0.4) is 0 Å². The number of hydrogen-bond donors (Lipinski definition) is 1. The molecule has 0 saturated heterocycles. The highest BCUT2D eigenvalue weighted by atomic mass is 16.1. The summed E-state index contributed by atoms with van der Waals surface area (Å²) >= 11 is 0. The molecule has 0 fully saturated rings. The van der Waals surface area contributed by atoms with E-state index in [1.165, 1.54) is 0 Å². The van der Waals surface area contributed by atoms with E-state index in [-0.39, 0.29) is 11.9 Å². The fourth-order valence-electron chi connectivity index (χ4n) is 2.83. The van der Waals surface area contributed by atoms with Crippen LogP contribution >= 0.6 is 0 Å². The number of aryl methyl sites for hydroxylation is 3. The average Bonchev–Trinajstić information content (AvgIpc) is 2.92. The number of amides is 1. The minimum atomic E-state index is 0.0465. The number of carbonyl (C=O) groups is 1. The highest BCUT2D eigenvalue weighted by Gasteiger charge is 2.23. The van der Waals surface area contributed by atoms with Crippen molar-refractivity contribution in [2.45, 2.75) is 52.1 Å². The molecule has 116 valence electrons. The van der Waals surface area contributed by atoms with Crippen molar-refractivity contribution >= 4 is 5.91 Å². The van der Waals surface area contributed by atoms with Gasteiger partial charge in [0, 0.05) is 37.3 Å². The number of pyridine rings is 1. The summed E-state index contributed by atoms with van der Waals surface area (Å²) < 4.78 is 2.14. The van der Waals surface area contributed by atoms with Crippen molar-refractivity contribution in [2.75, 3.05) is 0 Å². The molecule has 1 aliphatic heterocycles. The first-order chi connectivity index (χ1) is 10.7. The topological polar surface area (TPSA) is 72.7 Å². The van der Waals surface area contributed by atoms with Gasteiger partial charge in [0.25, 0.3) is 0 Å². The second-order valence-electron chi connectivity index (χ2n) is 5.78. The number of fused-ring (bicyclic) bond motifs is 1. The monoisotopic (exact) mass is 299 g/mol. The minimum absolute atomic E-state index is 0.0465. The first-order valence-corrected chi connectivity index (χ1v) is 7.77. The van der Waals surface area contributed by atoms with Crippen molar-refractivity contribution in [1.29, 1.82) is 0 Å². The molecule has 6 nitrogen and oxygen atoms in total. The van der Waals surface area contributed by atoms with Gasteiger partial charge in [0.1, 0.15) is 11.6 Å². The van der Waals surface area contributed by atoms with Crippen LogP contribution in [0.15, 0.2) is 18.3 Å². The molecule has 0 aromatic carbocycles. The molecule has 0 spiro atoms. The molecule has 2 aromatic rings. The zero-order valence-corrected chi connectivity index (χ0v) is 13.0. The summed E-state index contributed by atoms with van der Waals surface area (Å²) in [6.07, 6.45) is 4.79. The van der Waals surface area contributed by atoms with E-state index in [1.54, 1.807) is 6.20 Å². The van der Waals surface area contributed by atoms with E-state index in [9.17, 15) is 4.79 Å². The van der Waals surface area contributed by atoms with Crippen molar-refractivity contribution in [3.63, 3.8) is 0 Å². The Balaban J connectivity index is 1.59. The summed E-state index contributed by atoms with van der Waals surface area (Å²) in [7, 11) is 0. The maximum absolute atomic E-state index is 12.2. The third-order valence-corrected chi connectivity index (χ3v) is 4.04. The van der Waals surface area contributed by atoms with Crippen LogP contribution in [0.4, 0.5) is 0 Å². The molecule has 6 heteroatoms. The van der Waals surface area contributed by atoms with Crippen molar-refractivity contribution in [3.8, 4) is 0 Å². The molecule has 1 unspecified atom stereocenters. The fraction of sp³-hybridized carbons (Fsp3) is 0.500. The van der Waals surface area contributed by atoms with Gasteiger partial charge < -0.3 is 9.88 Å². The fourth-order valence-corrected chi connectivity index (χ4v) is 2.83. The van der Waals surface area contributed by atoms with Crippen LogP contribution in [0.25, 0.3) is 0 Å². The van der Waals surface area contributed by atoms with Crippen LogP contribution in [-0.4, -0.2) is 31.7 Å². The number of nitrogens with one attached hydrogen (secondary N) is 1. The van der Waals surface area contributed by atoms with Gasteiger partial charge in [-0.3, -0.25) is 9.78 Å². The lowest BCUT2D eigenvalue weighted by atomic mass is 10.1. The Morgan fingerprint density at radius 3 is 3.00 bits per heavy atom. The molecule has 2 aromatic heterocycles. The van der Waals surface area contributed by atoms with Crippen LogP contribution in [0.2, 0.25) is 0 Å². The standard InChI is InChI=1S/C16H21N5O/c1-3-14-19-20-15-7-6-13(10-21(14)15)18-16(22)8-12-5-4-11(2)17-9-12/h4-5,9,13H,3,6-8,10H2,1-2H3,(H,18,22). The van der Waals surface area contributed by atoms with Crippen LogP contribution in [-0.2, 0) is 30.6 Å². The SMILES string of the molecule is CCc1nnc2n1CC(NC(=O)Cc1ccc(C)nc1)CC2. The molecule has 0 aliphatic carbocycles. The lowest BCUT2D eigenvalue weighted by Gasteiger charge is -2.25. The third-order valence-electron chi connectivity index (χ3n) is 4.04. The molecule has 3 rings (SSSR count). The summed E-state index contributed by atoms with van der Waals surface area (Å²) in [4.78, 5) is 16.4. The molecule has 0 saturated carbocycles. The van der Waals surface area contributed by atoms with Crippen molar-refractivity contribution in [1.82, 2.24) is 25.1 Å². The lowest BCUT2D eigenvalue weighted by Crippen LogP contribution is -2.42. The quantitative estimate of drug-likeness (QED) is 0.921. The van der Waals surface area contributed by atoms with Crippen LogP contribution in [0.5, 0.6) is 0 Å². The highest BCUT2D eigenvalue weighted by Crippen LogP contribution is 2.15. The Bertz CT molecular complexity index is 648. The Morgan fingerprint density at radius 1 is 1.41 bits per heavy atom. The normalized spacial score (nSPS) is 17.1. The number of rotatable bonds is 4. The van der Waals surface area contributed by atoms with Gasteiger partial charge in [-0.05, 0) is 25.0 Å². The van der Waals surface area contributed by atoms with Gasteiger partial charge in [-0.25, -0.2) is 0 Å². The number of nitrogens with zero attached hydrogens (tertiary/aromatic N) is 4. The second kappa shape index (κ2) is 6.25. The van der Waals surface area contributed by atoms with Crippen LogP contribution in [0, 0.1) is 6.92 Å². The smallest absolute Gasteiger partial charge is 0.224 e. The molecule has 0 bridgehead atoms. The average molecular weight is 299 g/mol. The maximum atomic E-state index is 12.2. The highest BCUT2D eigenvalue weighted by molar-refractivity contribution is 5.78. The van der Waals surface area contributed by atoms with Gasteiger partial charge in [0.15, 0.2) is 0 Å². The van der Waals surface area contributed by atoms with Crippen molar-refractivity contribution < 1.29 is 4.79 Å². The molecule has 1 aliphatic rings. The van der Waals surface area contributed by atoms with Crippen LogP contribution in [0.1, 0.15) is 36.3 Å². The Kier molecular flexibility index (Phi) is 4.18. The zero-order chi connectivity index (χ0) is 15.5. The third kappa shape index (κ3) is 3.16. The number of carbonyl (C=O) groups excluding carboxylic acids is 1. The molecule has 1 N–H and O–H groups in total. The molecular formula is C16H21N5O. The van der Waals surface area contributed by atoms with Crippen molar-refractivity contribution in [2.24, 2.45) is 0 Å². The van der Waals surface area contributed by atoms with E-state index >= 15 is 0 Å². The Morgan fingerprint density at radius 2 is 2.27 bits per heavy atom. The zero-order valence-electron chi connectivity index (χ0n) is 13.0. The van der Waals surface area contributed by atoms with E-state index < -0.39 is 0 Å². The van der Waals surface area contributed by atoms with E-state index in [1.807, 2.05) is 19.1 Å². The van der Waals surface area contributed by atoms with Gasteiger partial charge in [-0.15, -0.1) is 10.2 Å². The molecule has 22 heavy (non-hydrogen) atoms.